The zero-order valence-corrected chi connectivity index (χ0v) is 14.2. The minimum absolute atomic E-state index is 0.162. The molecular weight excluding hydrogens is 391 g/mol. The summed E-state index contributed by atoms with van der Waals surface area (Å²) in [5.41, 5.74) is 1.78. The molecule has 0 heterocycles. The fourth-order valence-electron chi connectivity index (χ4n) is 1.97. The van der Waals surface area contributed by atoms with Gasteiger partial charge in [0.2, 0.25) is 0 Å². The molecule has 0 aliphatic rings. The summed E-state index contributed by atoms with van der Waals surface area (Å²) in [7, 11) is 3.22. The van der Waals surface area contributed by atoms with Crippen molar-refractivity contribution in [1.82, 2.24) is 0 Å². The molecule has 5 heteroatoms. The van der Waals surface area contributed by atoms with E-state index in [9.17, 15) is 4.39 Å². The van der Waals surface area contributed by atoms with E-state index in [0.29, 0.717) is 16.0 Å². The summed E-state index contributed by atoms with van der Waals surface area (Å²) in [5, 5.41) is 0. The minimum Gasteiger partial charge on any atom is -0.496 e. The van der Waals surface area contributed by atoms with Crippen LogP contribution in [0.5, 0.6) is 11.5 Å². The molecule has 0 radical (unpaired) electrons. The molecule has 2 aromatic carbocycles. The Kier molecular flexibility index (Phi) is 5.05. The Labute approximate surface area is 134 Å². The fraction of sp³-hybridized carbons (Fsp3) is 0.200. The van der Waals surface area contributed by atoms with Gasteiger partial charge in [0.1, 0.15) is 17.3 Å². The van der Waals surface area contributed by atoms with E-state index in [2.05, 4.69) is 31.9 Å². The topological polar surface area (TPSA) is 18.5 Å². The van der Waals surface area contributed by atoms with Crippen LogP contribution in [0.4, 0.5) is 4.39 Å². The molecular formula is C15H13Br2FO2. The van der Waals surface area contributed by atoms with Crippen LogP contribution in [0.15, 0.2) is 40.9 Å². The van der Waals surface area contributed by atoms with Crippen molar-refractivity contribution in [2.45, 2.75) is 4.83 Å². The standard InChI is InChI=1S/C15H13Br2FO2/c1-19-12-4-3-5-13(20-2)14(12)15(17)9-6-7-11(18)10(16)8-9/h3-8,15H,1-2H3. The van der Waals surface area contributed by atoms with Crippen LogP contribution in [-0.4, -0.2) is 14.2 Å². The Hall–Kier alpha value is -1.07. The molecule has 2 aromatic rings. The first-order valence-corrected chi connectivity index (χ1v) is 7.59. The molecule has 0 fully saturated rings. The van der Waals surface area contributed by atoms with Crippen molar-refractivity contribution >= 4 is 31.9 Å². The van der Waals surface area contributed by atoms with Gasteiger partial charge in [0.25, 0.3) is 0 Å². The molecule has 20 heavy (non-hydrogen) atoms. The first-order chi connectivity index (χ1) is 9.58. The van der Waals surface area contributed by atoms with Crippen LogP contribution in [0.1, 0.15) is 16.0 Å². The summed E-state index contributed by atoms with van der Waals surface area (Å²) in [6, 6.07) is 10.5. The van der Waals surface area contributed by atoms with E-state index < -0.39 is 0 Å². The third-order valence-electron chi connectivity index (χ3n) is 2.96. The van der Waals surface area contributed by atoms with Crippen molar-refractivity contribution in [2.24, 2.45) is 0 Å². The number of hydrogen-bond donors (Lipinski definition) is 0. The van der Waals surface area contributed by atoms with Crippen molar-refractivity contribution in [1.29, 1.82) is 0 Å². The SMILES string of the molecule is COc1cccc(OC)c1C(Br)c1ccc(F)c(Br)c1. The van der Waals surface area contributed by atoms with Crippen molar-refractivity contribution in [3.05, 3.63) is 57.8 Å². The van der Waals surface area contributed by atoms with Gasteiger partial charge >= 0.3 is 0 Å². The number of benzene rings is 2. The monoisotopic (exact) mass is 402 g/mol. The molecule has 1 unspecified atom stereocenters. The van der Waals surface area contributed by atoms with E-state index in [1.54, 1.807) is 26.4 Å². The molecule has 0 N–H and O–H groups in total. The second kappa shape index (κ2) is 6.59. The molecule has 0 amide bonds. The molecule has 0 aliphatic heterocycles. The number of hydrogen-bond acceptors (Lipinski definition) is 2. The van der Waals surface area contributed by atoms with E-state index in [4.69, 9.17) is 9.47 Å². The lowest BCUT2D eigenvalue weighted by Gasteiger charge is -2.18. The number of halogens is 3. The Bertz CT molecular complexity index is 595. The molecule has 2 nitrogen and oxygen atoms in total. The average molecular weight is 404 g/mol. The second-order valence-electron chi connectivity index (χ2n) is 4.11. The lowest BCUT2D eigenvalue weighted by Crippen LogP contribution is -2.01. The van der Waals surface area contributed by atoms with Gasteiger partial charge in [-0.1, -0.05) is 28.1 Å². The van der Waals surface area contributed by atoms with Gasteiger partial charge < -0.3 is 9.47 Å². The third-order valence-corrected chi connectivity index (χ3v) is 4.55. The molecule has 0 bridgehead atoms. The third kappa shape index (κ3) is 2.99. The molecule has 0 saturated heterocycles. The summed E-state index contributed by atoms with van der Waals surface area (Å²) in [5.74, 6) is 1.14. The molecule has 2 rings (SSSR count). The average Bonchev–Trinajstić information content (AvgIpc) is 2.48. The van der Waals surface area contributed by atoms with E-state index in [-0.39, 0.29) is 10.6 Å². The smallest absolute Gasteiger partial charge is 0.137 e. The maximum absolute atomic E-state index is 13.3. The summed E-state index contributed by atoms with van der Waals surface area (Å²) in [6.07, 6.45) is 0. The Morgan fingerprint density at radius 1 is 1.05 bits per heavy atom. The van der Waals surface area contributed by atoms with Crippen LogP contribution in [-0.2, 0) is 0 Å². The van der Waals surface area contributed by atoms with Crippen molar-refractivity contribution in [2.75, 3.05) is 14.2 Å². The van der Waals surface area contributed by atoms with E-state index in [1.807, 2.05) is 18.2 Å². The van der Waals surface area contributed by atoms with Crippen molar-refractivity contribution in [3.63, 3.8) is 0 Å². The van der Waals surface area contributed by atoms with Gasteiger partial charge in [-0.3, -0.25) is 0 Å². The van der Waals surface area contributed by atoms with Crippen LogP contribution in [0.25, 0.3) is 0 Å². The number of alkyl halides is 1. The van der Waals surface area contributed by atoms with E-state index in [0.717, 1.165) is 11.1 Å². The van der Waals surface area contributed by atoms with Crippen LogP contribution in [0.2, 0.25) is 0 Å². The Morgan fingerprint density at radius 3 is 2.15 bits per heavy atom. The zero-order chi connectivity index (χ0) is 14.7. The molecule has 106 valence electrons. The van der Waals surface area contributed by atoms with Crippen LogP contribution in [0, 0.1) is 5.82 Å². The van der Waals surface area contributed by atoms with E-state index in [1.165, 1.54) is 6.07 Å². The van der Waals surface area contributed by atoms with Crippen LogP contribution >= 0.6 is 31.9 Å². The van der Waals surface area contributed by atoms with Gasteiger partial charge in [-0.05, 0) is 45.8 Å². The van der Waals surface area contributed by atoms with Crippen LogP contribution < -0.4 is 9.47 Å². The summed E-state index contributed by atoms with van der Waals surface area (Å²) < 4.78 is 24.5. The lowest BCUT2D eigenvalue weighted by atomic mass is 10.0. The van der Waals surface area contributed by atoms with Gasteiger partial charge in [0.05, 0.1) is 29.1 Å². The highest BCUT2D eigenvalue weighted by atomic mass is 79.9. The van der Waals surface area contributed by atoms with Gasteiger partial charge in [-0.25, -0.2) is 4.39 Å². The first kappa shape index (κ1) is 15.3. The second-order valence-corrected chi connectivity index (χ2v) is 5.88. The molecule has 0 saturated carbocycles. The highest BCUT2D eigenvalue weighted by Gasteiger charge is 2.20. The van der Waals surface area contributed by atoms with E-state index >= 15 is 0 Å². The molecule has 1 atom stereocenters. The van der Waals surface area contributed by atoms with Gasteiger partial charge in [0, 0.05) is 0 Å². The van der Waals surface area contributed by atoms with Gasteiger partial charge in [-0.2, -0.15) is 0 Å². The molecule has 0 aromatic heterocycles. The maximum Gasteiger partial charge on any atom is 0.137 e. The number of ether oxygens (including phenoxy) is 2. The largest absolute Gasteiger partial charge is 0.496 e. The quantitative estimate of drug-likeness (QED) is 0.662. The summed E-state index contributed by atoms with van der Waals surface area (Å²) in [4.78, 5) is -0.162. The lowest BCUT2D eigenvalue weighted by molar-refractivity contribution is 0.386. The summed E-state index contributed by atoms with van der Waals surface area (Å²) in [6.45, 7) is 0. The predicted molar refractivity (Wildman–Crippen MR) is 84.4 cm³/mol. The number of rotatable bonds is 4. The fourth-order valence-corrected chi connectivity index (χ4v) is 3.10. The zero-order valence-electron chi connectivity index (χ0n) is 11.0. The maximum atomic E-state index is 13.3. The van der Waals surface area contributed by atoms with Crippen LogP contribution in [0.3, 0.4) is 0 Å². The van der Waals surface area contributed by atoms with Crippen molar-refractivity contribution in [3.8, 4) is 11.5 Å². The predicted octanol–water partition coefficient (Wildman–Crippen LogP) is 5.09. The highest BCUT2D eigenvalue weighted by Crippen LogP contribution is 2.42. The highest BCUT2D eigenvalue weighted by molar-refractivity contribution is 9.10. The van der Waals surface area contributed by atoms with Gasteiger partial charge in [0.15, 0.2) is 0 Å². The first-order valence-electron chi connectivity index (χ1n) is 5.88. The van der Waals surface area contributed by atoms with Crippen molar-refractivity contribution < 1.29 is 13.9 Å². The number of methoxy groups -OCH3 is 2. The minimum atomic E-state index is -0.291. The summed E-state index contributed by atoms with van der Waals surface area (Å²) >= 11 is 6.83. The Balaban J connectivity index is 2.51. The molecule has 0 spiro atoms. The Morgan fingerprint density at radius 2 is 1.65 bits per heavy atom. The van der Waals surface area contributed by atoms with Gasteiger partial charge in [-0.15, -0.1) is 0 Å². The normalized spacial score (nSPS) is 12.1. The molecule has 0 aliphatic carbocycles.